The molecule has 0 aromatic heterocycles. The molecule has 0 amide bonds. The van der Waals surface area contributed by atoms with Gasteiger partial charge in [-0.3, -0.25) is 0 Å². The summed E-state index contributed by atoms with van der Waals surface area (Å²) in [4.78, 5) is 0. The molecule has 0 spiro atoms. The second kappa shape index (κ2) is 24.5. The molecular formula is C12H22Bi4Cl2Zr. The van der Waals surface area contributed by atoms with Gasteiger partial charge in [0.15, 0.2) is 0 Å². The number of halogens is 2. The fourth-order valence-electron chi connectivity index (χ4n) is 0.576. The zero-order chi connectivity index (χ0) is 13.1. The van der Waals surface area contributed by atoms with Crippen molar-refractivity contribution in [3.8, 4) is 0 Å². The van der Waals surface area contributed by atoms with Crippen LogP contribution < -0.4 is 0 Å². The van der Waals surface area contributed by atoms with Crippen LogP contribution in [0, 0.1) is 12.8 Å². The average molecular weight is 1160 g/mol. The molecule has 0 atom stereocenters. The molecule has 19 heavy (non-hydrogen) atoms. The van der Waals surface area contributed by atoms with E-state index in [1.807, 2.05) is 0 Å². The van der Waals surface area contributed by atoms with Crippen LogP contribution in [-0.2, 0) is 26.2 Å². The first-order valence-electron chi connectivity index (χ1n) is 5.08. The maximum atomic E-state index is 2.28. The Labute approximate surface area is 193 Å². The zero-order valence-corrected chi connectivity index (χ0v) is 30.3. The molecule has 7 heteroatoms. The Morgan fingerprint density at radius 1 is 0.737 bits per heavy atom. The number of allylic oxidation sites excluding steroid dienone is 4. The predicted octanol–water partition coefficient (Wildman–Crippen LogP) is 3.43. The second-order valence-electron chi connectivity index (χ2n) is 3.31. The summed E-state index contributed by atoms with van der Waals surface area (Å²) in [6.45, 7) is 13.2. The number of hydrogen-bond donors (Lipinski definition) is 0. The van der Waals surface area contributed by atoms with E-state index in [2.05, 4.69) is 54.4 Å². The van der Waals surface area contributed by atoms with E-state index < -0.39 is 0 Å². The Kier molecular flexibility index (Phi) is 44.5. The van der Waals surface area contributed by atoms with Crippen LogP contribution in [0.3, 0.4) is 0 Å². The normalized spacial score (nSPS) is 10.4. The summed E-state index contributed by atoms with van der Waals surface area (Å²) in [5.41, 5.74) is 3.06. The molecule has 0 aliphatic carbocycles. The van der Waals surface area contributed by atoms with Gasteiger partial charge in [0, 0.05) is 0 Å². The summed E-state index contributed by atoms with van der Waals surface area (Å²) < 4.78 is 3.45. The molecule has 0 fully saturated rings. The van der Waals surface area contributed by atoms with Crippen molar-refractivity contribution in [3.05, 3.63) is 30.5 Å². The first-order chi connectivity index (χ1) is 7.44. The molecular weight excluding hydrogens is 1140 g/mol. The SMILES string of the molecule is C[CH-]C(C)=[C](C)[Bi]=[Bi].C[CH-]C(C)=[C](C)[Bi]=[Bi].Cl.Cl.[Zr+2]. The molecule has 0 aromatic rings. The Balaban J connectivity index is -0.0000000594. The molecule has 0 rings (SSSR count). The number of rotatable bonds is 4. The van der Waals surface area contributed by atoms with Crippen molar-refractivity contribution in [1.29, 1.82) is 0 Å². The van der Waals surface area contributed by atoms with Crippen LogP contribution in [0.5, 0.6) is 0 Å². The van der Waals surface area contributed by atoms with E-state index in [-0.39, 0.29) is 86.6 Å². The van der Waals surface area contributed by atoms with Gasteiger partial charge in [-0.2, -0.15) is 0 Å². The predicted molar refractivity (Wildman–Crippen MR) is 94.2 cm³/mol. The van der Waals surface area contributed by atoms with E-state index in [0.29, 0.717) is 0 Å². The van der Waals surface area contributed by atoms with Gasteiger partial charge in [0.2, 0.25) is 0 Å². The number of hydrogen-bond acceptors (Lipinski definition) is 0. The summed E-state index contributed by atoms with van der Waals surface area (Å²) in [7, 11) is 0. The van der Waals surface area contributed by atoms with Gasteiger partial charge in [0.25, 0.3) is 0 Å². The maximum Gasteiger partial charge on any atom is 2.00 e. The molecule has 0 unspecified atom stereocenters. The largest absolute Gasteiger partial charge is 2.00 e. The first kappa shape index (κ1) is 34.5. The molecule has 0 aliphatic rings. The monoisotopic (exact) mass is 1160 g/mol. The third kappa shape index (κ3) is 22.2. The topological polar surface area (TPSA) is 0 Å². The minimum Gasteiger partial charge on any atom is -0.147 e. The van der Waals surface area contributed by atoms with E-state index in [1.54, 1.807) is 45.1 Å². The summed E-state index contributed by atoms with van der Waals surface area (Å²) in [5, 5.41) is 0. The van der Waals surface area contributed by atoms with Crippen LogP contribution in [0.15, 0.2) is 17.7 Å². The van der Waals surface area contributed by atoms with E-state index in [9.17, 15) is 0 Å². The molecule has 108 valence electrons. The van der Waals surface area contributed by atoms with Crippen LogP contribution in [-0.4, -0.2) is 74.1 Å². The fraction of sp³-hybridized carbons (Fsp3) is 0.500. The minimum atomic E-state index is -0.0751. The zero-order valence-electron chi connectivity index (χ0n) is 12.3. The van der Waals surface area contributed by atoms with Crippen molar-refractivity contribution < 1.29 is 26.2 Å². The molecule has 0 nitrogen and oxygen atoms in total. The van der Waals surface area contributed by atoms with Crippen LogP contribution in [0.2, 0.25) is 0 Å². The third-order valence-electron chi connectivity index (χ3n) is 2.31. The van der Waals surface area contributed by atoms with Crippen molar-refractivity contribution in [2.24, 2.45) is 0 Å². The van der Waals surface area contributed by atoms with Gasteiger partial charge >= 0.3 is 172 Å². The van der Waals surface area contributed by atoms with Crippen molar-refractivity contribution in [2.45, 2.75) is 41.5 Å². The molecule has 0 heterocycles. The maximum absolute atomic E-state index is 2.28. The van der Waals surface area contributed by atoms with Crippen LogP contribution in [0.4, 0.5) is 0 Å². The van der Waals surface area contributed by atoms with E-state index >= 15 is 0 Å². The van der Waals surface area contributed by atoms with Crippen molar-refractivity contribution >= 4 is 98.9 Å². The van der Waals surface area contributed by atoms with E-state index in [4.69, 9.17) is 0 Å². The molecule has 0 saturated heterocycles. The summed E-state index contributed by atoms with van der Waals surface area (Å²) >= 11 is 3.16. The van der Waals surface area contributed by atoms with Crippen LogP contribution in [0.1, 0.15) is 41.5 Å². The molecule has 0 aliphatic heterocycles. The Hall–Kier alpha value is 4.22. The minimum absolute atomic E-state index is 0. The van der Waals surface area contributed by atoms with Crippen molar-refractivity contribution in [3.63, 3.8) is 0 Å². The standard InChI is InChI=1S/2C6H10.4Bi.2ClH.Zr/c2*1-4-6(3)5-2;;;;;;;/h2*4H,1-3H3;;;;;2*1H;/q2*-1;;;;;;;+2. The van der Waals surface area contributed by atoms with Crippen molar-refractivity contribution in [2.75, 3.05) is 0 Å². The fourth-order valence-corrected chi connectivity index (χ4v) is 13.6. The Bertz CT molecular complexity index is 272. The Morgan fingerprint density at radius 2 is 0.947 bits per heavy atom. The van der Waals surface area contributed by atoms with Crippen LogP contribution >= 0.6 is 24.8 Å². The summed E-state index contributed by atoms with van der Waals surface area (Å²) in [6.07, 6.45) is 4.43. The van der Waals surface area contributed by atoms with Crippen LogP contribution in [0.25, 0.3) is 0 Å². The van der Waals surface area contributed by atoms with Gasteiger partial charge in [0.1, 0.15) is 0 Å². The van der Waals surface area contributed by atoms with Gasteiger partial charge in [-0.15, -0.1) is 24.8 Å². The average Bonchev–Trinajstić information content (AvgIpc) is 2.35. The van der Waals surface area contributed by atoms with E-state index in [0.717, 1.165) is 0 Å². The van der Waals surface area contributed by atoms with Crippen molar-refractivity contribution in [1.82, 2.24) is 0 Å². The Morgan fingerprint density at radius 3 is 1.00 bits per heavy atom. The molecule has 0 saturated carbocycles. The summed E-state index contributed by atoms with van der Waals surface area (Å²) in [6, 6.07) is 0. The van der Waals surface area contributed by atoms with Gasteiger partial charge < -0.3 is 0 Å². The van der Waals surface area contributed by atoms with Gasteiger partial charge in [-0.05, 0) is 0 Å². The van der Waals surface area contributed by atoms with Gasteiger partial charge in [0.05, 0.1) is 0 Å². The quantitative estimate of drug-likeness (QED) is 0.300. The smallest absolute Gasteiger partial charge is 0.147 e. The molecule has 0 bridgehead atoms. The van der Waals surface area contributed by atoms with E-state index in [1.165, 1.54) is 11.1 Å². The second-order valence-corrected chi connectivity index (χ2v) is 23.7. The molecule has 0 aromatic carbocycles. The molecule has 0 N–H and O–H groups in total. The van der Waals surface area contributed by atoms with Gasteiger partial charge in [-0.1, -0.05) is 0 Å². The first-order valence-corrected chi connectivity index (χ1v) is 39.0. The van der Waals surface area contributed by atoms with Gasteiger partial charge in [-0.25, -0.2) is 0 Å². The molecule has 2 radical (unpaired) electrons. The third-order valence-corrected chi connectivity index (χ3v) is 27.8. The summed E-state index contributed by atoms with van der Waals surface area (Å²) in [5.74, 6) is 0.